The zero-order valence-electron chi connectivity index (χ0n) is 14.0. The van der Waals surface area contributed by atoms with Crippen molar-refractivity contribution < 1.29 is 13.2 Å². The highest BCUT2D eigenvalue weighted by Gasteiger charge is 2.27. The number of carbonyl (C=O) groups is 1. The Kier molecular flexibility index (Phi) is 6.29. The van der Waals surface area contributed by atoms with Crippen LogP contribution in [0.3, 0.4) is 0 Å². The number of hydrogen-bond acceptors (Lipinski definition) is 3. The van der Waals surface area contributed by atoms with Crippen molar-refractivity contribution in [1.82, 2.24) is 4.72 Å². The lowest BCUT2D eigenvalue weighted by atomic mass is 9.91. The summed E-state index contributed by atoms with van der Waals surface area (Å²) in [6, 6.07) is 15.3. The molecule has 0 bridgehead atoms. The molecule has 24 heavy (non-hydrogen) atoms. The normalized spacial score (nSPS) is 14.1. The largest absolute Gasteiger partial charge is 0.303 e. The fourth-order valence-electron chi connectivity index (χ4n) is 2.66. The number of nitrogens with one attached hydrogen (secondary N) is 1. The van der Waals surface area contributed by atoms with Gasteiger partial charge in [-0.2, -0.15) is 0 Å². The zero-order valence-corrected chi connectivity index (χ0v) is 14.8. The van der Waals surface area contributed by atoms with E-state index in [1.807, 2.05) is 44.2 Å². The van der Waals surface area contributed by atoms with Gasteiger partial charge in [-0.3, -0.25) is 0 Å². The van der Waals surface area contributed by atoms with Gasteiger partial charge in [0.2, 0.25) is 10.0 Å². The van der Waals surface area contributed by atoms with Gasteiger partial charge in [0.25, 0.3) is 0 Å². The van der Waals surface area contributed by atoms with E-state index in [4.69, 9.17) is 0 Å². The van der Waals surface area contributed by atoms with Gasteiger partial charge in [0.15, 0.2) is 0 Å². The smallest absolute Gasteiger partial charge is 0.241 e. The zero-order chi connectivity index (χ0) is 17.6. The first-order valence-electron chi connectivity index (χ1n) is 8.07. The summed E-state index contributed by atoms with van der Waals surface area (Å²) in [5.41, 5.74) is 1.78. The molecule has 2 rings (SSSR count). The van der Waals surface area contributed by atoms with E-state index < -0.39 is 22.0 Å². The van der Waals surface area contributed by atoms with Crippen LogP contribution in [0.15, 0.2) is 59.5 Å². The first-order valence-corrected chi connectivity index (χ1v) is 9.55. The molecule has 4 nitrogen and oxygen atoms in total. The summed E-state index contributed by atoms with van der Waals surface area (Å²) in [7, 11) is -3.71. The Labute approximate surface area is 144 Å². The van der Waals surface area contributed by atoms with Crippen LogP contribution >= 0.6 is 0 Å². The van der Waals surface area contributed by atoms with E-state index in [1.165, 1.54) is 0 Å². The fourth-order valence-corrected chi connectivity index (χ4v) is 3.94. The molecule has 0 aliphatic rings. The van der Waals surface area contributed by atoms with Gasteiger partial charge in [-0.1, -0.05) is 61.4 Å². The van der Waals surface area contributed by atoms with Gasteiger partial charge >= 0.3 is 0 Å². The van der Waals surface area contributed by atoms with Crippen LogP contribution in [-0.2, 0) is 14.8 Å². The molecular weight excluding hydrogens is 322 g/mol. The molecule has 0 spiro atoms. The monoisotopic (exact) mass is 345 g/mol. The Bertz CT molecular complexity index is 755. The minimum atomic E-state index is -3.71. The lowest BCUT2D eigenvalue weighted by Crippen LogP contribution is -2.34. The van der Waals surface area contributed by atoms with Crippen molar-refractivity contribution in [3.05, 3.63) is 65.7 Å². The van der Waals surface area contributed by atoms with Crippen molar-refractivity contribution in [3.63, 3.8) is 0 Å². The third kappa shape index (κ3) is 4.52. The Balaban J connectivity index is 2.37. The molecule has 2 atom stereocenters. The van der Waals surface area contributed by atoms with Crippen LogP contribution < -0.4 is 4.72 Å². The van der Waals surface area contributed by atoms with E-state index in [2.05, 4.69) is 4.72 Å². The predicted molar refractivity (Wildman–Crippen MR) is 95.1 cm³/mol. The van der Waals surface area contributed by atoms with E-state index in [9.17, 15) is 13.2 Å². The van der Waals surface area contributed by atoms with Crippen LogP contribution in [0.1, 0.15) is 36.9 Å². The quantitative estimate of drug-likeness (QED) is 0.743. The number of aldehydes is 1. The molecule has 128 valence electrons. The third-order valence-electron chi connectivity index (χ3n) is 4.00. The van der Waals surface area contributed by atoms with Crippen molar-refractivity contribution in [1.29, 1.82) is 0 Å². The van der Waals surface area contributed by atoms with Gasteiger partial charge in [0.1, 0.15) is 6.29 Å². The molecule has 0 saturated carbocycles. The summed E-state index contributed by atoms with van der Waals surface area (Å²) in [5, 5.41) is 0. The minimum Gasteiger partial charge on any atom is -0.303 e. The molecule has 0 aromatic heterocycles. The maximum Gasteiger partial charge on any atom is 0.241 e. The molecule has 1 N–H and O–H groups in total. The van der Waals surface area contributed by atoms with Crippen LogP contribution in [0.5, 0.6) is 0 Å². The highest BCUT2D eigenvalue weighted by molar-refractivity contribution is 7.89. The highest BCUT2D eigenvalue weighted by Crippen LogP contribution is 2.26. The number of carbonyl (C=O) groups excluding carboxylic acids is 1. The first-order chi connectivity index (χ1) is 11.5. The maximum atomic E-state index is 12.7. The summed E-state index contributed by atoms with van der Waals surface area (Å²) >= 11 is 0. The van der Waals surface area contributed by atoms with E-state index in [1.54, 1.807) is 24.3 Å². The summed E-state index contributed by atoms with van der Waals surface area (Å²) in [6.45, 7) is 3.88. The minimum absolute atomic E-state index is 0.204. The predicted octanol–water partition coefficient (Wildman–Crippen LogP) is 3.63. The number of sulfonamides is 1. The average molecular weight is 345 g/mol. The van der Waals surface area contributed by atoms with Crippen molar-refractivity contribution in [2.45, 2.75) is 37.6 Å². The van der Waals surface area contributed by atoms with Crippen LogP contribution in [-0.4, -0.2) is 14.7 Å². The number of rotatable bonds is 8. The molecule has 0 heterocycles. The SMILES string of the molecule is CCC[C@H](C=O)[C@H](NS(=O)(=O)c1ccc(C)cc1)c1ccccc1. The summed E-state index contributed by atoms with van der Waals surface area (Å²) in [6.07, 6.45) is 2.28. The van der Waals surface area contributed by atoms with E-state index in [-0.39, 0.29) is 4.90 Å². The van der Waals surface area contributed by atoms with Gasteiger partial charge in [-0.25, -0.2) is 13.1 Å². The van der Waals surface area contributed by atoms with Gasteiger partial charge in [-0.15, -0.1) is 0 Å². The topological polar surface area (TPSA) is 63.2 Å². The average Bonchev–Trinajstić information content (AvgIpc) is 2.59. The van der Waals surface area contributed by atoms with Gasteiger partial charge in [0.05, 0.1) is 10.9 Å². The first kappa shape index (κ1) is 18.4. The molecule has 0 amide bonds. The molecule has 0 aliphatic carbocycles. The maximum absolute atomic E-state index is 12.7. The van der Waals surface area contributed by atoms with Crippen LogP contribution in [0.2, 0.25) is 0 Å². The van der Waals surface area contributed by atoms with Crippen molar-refractivity contribution in [3.8, 4) is 0 Å². The van der Waals surface area contributed by atoms with E-state index in [0.717, 1.165) is 23.8 Å². The van der Waals surface area contributed by atoms with Crippen LogP contribution in [0.4, 0.5) is 0 Å². The second-order valence-corrected chi connectivity index (χ2v) is 7.63. The number of hydrogen-bond donors (Lipinski definition) is 1. The molecule has 0 aliphatic heterocycles. The Hall–Kier alpha value is -1.98. The Morgan fingerprint density at radius 2 is 1.67 bits per heavy atom. The van der Waals surface area contributed by atoms with Gasteiger partial charge in [-0.05, 0) is 31.0 Å². The standard InChI is InChI=1S/C19H23NO3S/c1-3-7-17(14-21)19(16-8-5-4-6-9-16)20-24(22,23)18-12-10-15(2)11-13-18/h4-6,8-14,17,19-20H,3,7H2,1-2H3/t17-,19-/m1/s1. The van der Waals surface area contributed by atoms with Gasteiger partial charge in [0, 0.05) is 5.92 Å². The summed E-state index contributed by atoms with van der Waals surface area (Å²) in [5.74, 6) is -0.405. The second-order valence-electron chi connectivity index (χ2n) is 5.91. The van der Waals surface area contributed by atoms with Crippen LogP contribution in [0, 0.1) is 12.8 Å². The lowest BCUT2D eigenvalue weighted by molar-refractivity contribution is -0.112. The van der Waals surface area contributed by atoms with Crippen molar-refractivity contribution in [2.24, 2.45) is 5.92 Å². The molecule has 0 saturated heterocycles. The molecule has 0 unspecified atom stereocenters. The molecule has 5 heteroatoms. The number of aryl methyl sites for hydroxylation is 1. The fraction of sp³-hybridized carbons (Fsp3) is 0.316. The molecular formula is C19H23NO3S. The second kappa shape index (κ2) is 8.22. The van der Waals surface area contributed by atoms with Gasteiger partial charge < -0.3 is 4.79 Å². The van der Waals surface area contributed by atoms with E-state index in [0.29, 0.717) is 6.42 Å². The Morgan fingerprint density at radius 1 is 1.04 bits per heavy atom. The molecule has 2 aromatic carbocycles. The highest BCUT2D eigenvalue weighted by atomic mass is 32.2. The number of benzene rings is 2. The van der Waals surface area contributed by atoms with Crippen molar-refractivity contribution >= 4 is 16.3 Å². The Morgan fingerprint density at radius 3 is 2.21 bits per heavy atom. The summed E-state index contributed by atoms with van der Waals surface area (Å²) in [4.78, 5) is 11.7. The summed E-state index contributed by atoms with van der Waals surface area (Å²) < 4.78 is 28.2. The third-order valence-corrected chi connectivity index (χ3v) is 5.45. The lowest BCUT2D eigenvalue weighted by Gasteiger charge is -2.24. The molecule has 2 aromatic rings. The van der Waals surface area contributed by atoms with Crippen LogP contribution in [0.25, 0.3) is 0 Å². The van der Waals surface area contributed by atoms with Crippen molar-refractivity contribution in [2.75, 3.05) is 0 Å². The molecule has 0 fully saturated rings. The van der Waals surface area contributed by atoms with E-state index >= 15 is 0 Å². The molecule has 0 radical (unpaired) electrons.